The van der Waals surface area contributed by atoms with Crippen LogP contribution in [-0.4, -0.2) is 16.1 Å². The van der Waals surface area contributed by atoms with Crippen LogP contribution in [0.3, 0.4) is 0 Å². The molecule has 0 saturated carbocycles. The van der Waals surface area contributed by atoms with Crippen LogP contribution in [-0.2, 0) is 0 Å². The summed E-state index contributed by atoms with van der Waals surface area (Å²) in [7, 11) is 0. The number of carbonyl (C=O) groups is 1. The van der Waals surface area contributed by atoms with Crippen LogP contribution in [0.25, 0.3) is 11.3 Å². The molecule has 0 bridgehead atoms. The maximum atomic E-state index is 11.0. The number of benzene rings is 2. The predicted molar refractivity (Wildman–Crippen MR) is 99.6 cm³/mol. The lowest BCUT2D eigenvalue weighted by molar-refractivity contribution is 0.0697. The molecule has 1 aromatic heterocycles. The lowest BCUT2D eigenvalue weighted by Crippen LogP contribution is -1.97. The van der Waals surface area contributed by atoms with Crippen LogP contribution >= 0.6 is 39.9 Å². The molecule has 0 unspecified atom stereocenters. The normalized spacial score (nSPS) is 9.96. The molecule has 0 amide bonds. The SMILES string of the molecule is Br.O=C(O)c1cccc(Nc2nc(-c3ccc(Cl)cc3)cs2)c1. The second kappa shape index (κ2) is 7.59. The average molecular weight is 412 g/mol. The Morgan fingerprint density at radius 2 is 1.91 bits per heavy atom. The molecule has 23 heavy (non-hydrogen) atoms. The first-order valence-corrected chi connectivity index (χ1v) is 7.69. The molecule has 3 rings (SSSR count). The van der Waals surface area contributed by atoms with E-state index < -0.39 is 5.97 Å². The largest absolute Gasteiger partial charge is 0.478 e. The van der Waals surface area contributed by atoms with Crippen molar-refractivity contribution in [3.05, 3.63) is 64.5 Å². The zero-order valence-electron chi connectivity index (χ0n) is 11.7. The van der Waals surface area contributed by atoms with Gasteiger partial charge in [-0.1, -0.05) is 29.8 Å². The average Bonchev–Trinajstić information content (AvgIpc) is 2.96. The molecule has 7 heteroatoms. The fourth-order valence-corrected chi connectivity index (χ4v) is 2.80. The van der Waals surface area contributed by atoms with Crippen LogP contribution in [0.5, 0.6) is 0 Å². The fraction of sp³-hybridized carbons (Fsp3) is 0. The van der Waals surface area contributed by atoms with Crippen molar-refractivity contribution in [1.82, 2.24) is 4.98 Å². The molecule has 0 radical (unpaired) electrons. The number of thiazole rings is 1. The van der Waals surface area contributed by atoms with E-state index in [2.05, 4.69) is 10.3 Å². The van der Waals surface area contributed by atoms with Gasteiger partial charge in [0.05, 0.1) is 11.3 Å². The van der Waals surface area contributed by atoms with Crippen molar-refractivity contribution in [3.8, 4) is 11.3 Å². The summed E-state index contributed by atoms with van der Waals surface area (Å²) in [6, 6.07) is 14.1. The molecule has 0 aliphatic carbocycles. The molecule has 0 spiro atoms. The van der Waals surface area contributed by atoms with Crippen LogP contribution in [0, 0.1) is 0 Å². The molecule has 2 N–H and O–H groups in total. The van der Waals surface area contributed by atoms with Crippen molar-refractivity contribution in [3.63, 3.8) is 0 Å². The van der Waals surface area contributed by atoms with Crippen molar-refractivity contribution in [1.29, 1.82) is 0 Å². The van der Waals surface area contributed by atoms with Gasteiger partial charge in [-0.25, -0.2) is 9.78 Å². The first-order valence-electron chi connectivity index (χ1n) is 6.44. The molecule has 0 aliphatic heterocycles. The minimum atomic E-state index is -0.954. The summed E-state index contributed by atoms with van der Waals surface area (Å²) in [6.07, 6.45) is 0. The Morgan fingerprint density at radius 1 is 1.17 bits per heavy atom. The van der Waals surface area contributed by atoms with Crippen molar-refractivity contribution in [2.45, 2.75) is 0 Å². The zero-order valence-corrected chi connectivity index (χ0v) is 15.0. The molecule has 4 nitrogen and oxygen atoms in total. The summed E-state index contributed by atoms with van der Waals surface area (Å²) in [5, 5.41) is 15.4. The topological polar surface area (TPSA) is 62.2 Å². The fourth-order valence-electron chi connectivity index (χ4n) is 1.94. The van der Waals surface area contributed by atoms with Gasteiger partial charge in [-0.3, -0.25) is 0 Å². The molecule has 0 atom stereocenters. The summed E-state index contributed by atoms with van der Waals surface area (Å²) in [6.45, 7) is 0. The van der Waals surface area contributed by atoms with Gasteiger partial charge >= 0.3 is 5.97 Å². The molecule has 2 aromatic carbocycles. The number of rotatable bonds is 4. The Bertz CT molecular complexity index is 821. The number of aromatic carboxylic acids is 1. The Labute approximate surface area is 152 Å². The summed E-state index contributed by atoms with van der Waals surface area (Å²) < 4.78 is 0. The Hall–Kier alpha value is -1.89. The van der Waals surface area contributed by atoms with Gasteiger partial charge in [0.1, 0.15) is 0 Å². The minimum absolute atomic E-state index is 0. The highest BCUT2D eigenvalue weighted by Gasteiger charge is 2.07. The number of anilines is 2. The summed E-state index contributed by atoms with van der Waals surface area (Å²) in [5.41, 5.74) is 2.75. The quantitative estimate of drug-likeness (QED) is 0.596. The number of hydrogen-bond donors (Lipinski definition) is 2. The standard InChI is InChI=1S/C16H11ClN2O2S.BrH/c17-12-6-4-10(5-7-12)14-9-22-16(19-14)18-13-3-1-2-11(8-13)15(20)21;/h1-9H,(H,18,19)(H,20,21);1H. The monoisotopic (exact) mass is 410 g/mol. The van der Waals surface area contributed by atoms with E-state index in [1.807, 2.05) is 29.6 Å². The first kappa shape index (κ1) is 17.5. The highest BCUT2D eigenvalue weighted by Crippen LogP contribution is 2.28. The smallest absolute Gasteiger partial charge is 0.335 e. The van der Waals surface area contributed by atoms with Gasteiger partial charge < -0.3 is 10.4 Å². The third-order valence-electron chi connectivity index (χ3n) is 3.00. The van der Waals surface area contributed by atoms with E-state index in [1.165, 1.54) is 11.3 Å². The van der Waals surface area contributed by atoms with Gasteiger partial charge in [0, 0.05) is 21.7 Å². The van der Waals surface area contributed by atoms with Crippen LogP contribution in [0.15, 0.2) is 53.9 Å². The Balaban J connectivity index is 0.00000192. The van der Waals surface area contributed by atoms with Gasteiger partial charge in [0.25, 0.3) is 0 Å². The van der Waals surface area contributed by atoms with Crippen molar-refractivity contribution < 1.29 is 9.90 Å². The lowest BCUT2D eigenvalue weighted by atomic mass is 10.2. The van der Waals surface area contributed by atoms with E-state index in [1.54, 1.807) is 24.3 Å². The molecule has 3 aromatic rings. The number of hydrogen-bond acceptors (Lipinski definition) is 4. The van der Waals surface area contributed by atoms with Crippen LogP contribution in [0.1, 0.15) is 10.4 Å². The Kier molecular flexibility index (Phi) is 5.76. The number of halogens is 2. The highest BCUT2D eigenvalue weighted by atomic mass is 79.9. The second-order valence-electron chi connectivity index (χ2n) is 4.56. The lowest BCUT2D eigenvalue weighted by Gasteiger charge is -2.03. The third-order valence-corrected chi connectivity index (χ3v) is 4.01. The molecule has 0 saturated heterocycles. The number of carboxylic acids is 1. The molecule has 118 valence electrons. The van der Waals surface area contributed by atoms with Crippen molar-refractivity contribution >= 4 is 56.7 Å². The number of nitrogens with one attached hydrogen (secondary N) is 1. The number of aromatic nitrogens is 1. The third kappa shape index (κ3) is 4.31. The molecule has 0 fully saturated rings. The van der Waals surface area contributed by atoms with Gasteiger partial charge in [-0.2, -0.15) is 0 Å². The predicted octanol–water partition coefficient (Wildman–Crippen LogP) is 5.48. The van der Waals surface area contributed by atoms with Crippen molar-refractivity contribution in [2.24, 2.45) is 0 Å². The molecule has 0 aliphatic rings. The van der Waals surface area contributed by atoms with Crippen LogP contribution < -0.4 is 5.32 Å². The summed E-state index contributed by atoms with van der Waals surface area (Å²) in [4.78, 5) is 15.5. The van der Waals surface area contributed by atoms with Crippen LogP contribution in [0.2, 0.25) is 5.02 Å². The second-order valence-corrected chi connectivity index (χ2v) is 5.85. The minimum Gasteiger partial charge on any atom is -0.478 e. The van der Waals surface area contributed by atoms with E-state index in [0.29, 0.717) is 15.8 Å². The summed E-state index contributed by atoms with van der Waals surface area (Å²) in [5.74, 6) is -0.954. The summed E-state index contributed by atoms with van der Waals surface area (Å²) >= 11 is 7.33. The van der Waals surface area contributed by atoms with Gasteiger partial charge in [0.15, 0.2) is 5.13 Å². The van der Waals surface area contributed by atoms with E-state index >= 15 is 0 Å². The van der Waals surface area contributed by atoms with E-state index in [0.717, 1.165) is 11.3 Å². The highest BCUT2D eigenvalue weighted by molar-refractivity contribution is 8.93. The first-order chi connectivity index (χ1) is 10.6. The zero-order chi connectivity index (χ0) is 15.5. The van der Waals surface area contributed by atoms with Crippen molar-refractivity contribution in [2.75, 3.05) is 5.32 Å². The number of nitrogens with zero attached hydrogens (tertiary/aromatic N) is 1. The van der Waals surface area contributed by atoms with E-state index in [4.69, 9.17) is 16.7 Å². The van der Waals surface area contributed by atoms with Gasteiger partial charge in [-0.05, 0) is 30.3 Å². The molecular weight excluding hydrogens is 400 g/mol. The van der Waals surface area contributed by atoms with Gasteiger partial charge in [-0.15, -0.1) is 28.3 Å². The van der Waals surface area contributed by atoms with E-state index in [-0.39, 0.29) is 22.5 Å². The molecular formula is C16H12BrClN2O2S. The van der Waals surface area contributed by atoms with Crippen LogP contribution in [0.4, 0.5) is 10.8 Å². The maximum absolute atomic E-state index is 11.0. The number of carboxylic acid groups (broad SMARTS) is 1. The molecule has 1 heterocycles. The Morgan fingerprint density at radius 3 is 2.61 bits per heavy atom. The van der Waals surface area contributed by atoms with E-state index in [9.17, 15) is 4.79 Å². The van der Waals surface area contributed by atoms with Gasteiger partial charge in [0.2, 0.25) is 0 Å². The maximum Gasteiger partial charge on any atom is 0.335 e.